The molecule has 1 aromatic heterocycles. The number of benzene rings is 1. The van der Waals surface area contributed by atoms with Crippen LogP contribution in [0.5, 0.6) is 5.75 Å². The normalized spacial score (nSPS) is 17.6. The number of aromatic nitrogens is 2. The van der Waals surface area contributed by atoms with Crippen LogP contribution in [-0.4, -0.2) is 27.7 Å². The van der Waals surface area contributed by atoms with Gasteiger partial charge >= 0.3 is 5.97 Å². The molecule has 0 aliphatic carbocycles. The number of carboxylic acid groups (broad SMARTS) is 1. The van der Waals surface area contributed by atoms with Crippen LogP contribution in [0.1, 0.15) is 24.5 Å². The van der Waals surface area contributed by atoms with E-state index in [9.17, 15) is 9.90 Å². The average Bonchev–Trinajstić information content (AvgIpc) is 2.90. The summed E-state index contributed by atoms with van der Waals surface area (Å²) in [6.45, 7) is 0.798. The predicted molar refractivity (Wildman–Crippen MR) is 73.8 cm³/mol. The molecule has 0 saturated carbocycles. The molecule has 104 valence electrons. The number of carboxylic acids is 1. The lowest BCUT2D eigenvalue weighted by molar-refractivity contribution is -0.139. The second kappa shape index (κ2) is 5.00. The van der Waals surface area contributed by atoms with E-state index >= 15 is 0 Å². The van der Waals surface area contributed by atoms with Crippen LogP contribution in [-0.2, 0) is 11.3 Å². The van der Waals surface area contributed by atoms with Gasteiger partial charge in [0.15, 0.2) is 0 Å². The Balaban J connectivity index is 2.11. The van der Waals surface area contributed by atoms with Gasteiger partial charge in [0.1, 0.15) is 11.6 Å². The van der Waals surface area contributed by atoms with E-state index in [1.54, 1.807) is 13.3 Å². The zero-order chi connectivity index (χ0) is 14.1. The molecule has 1 aromatic carbocycles. The Kier molecular flexibility index (Phi) is 3.18. The Morgan fingerprint density at radius 1 is 1.45 bits per heavy atom. The number of para-hydroxylation sites is 1. The standard InChI is InChI=1S/C15H16N2O3/c1-20-13-7-3-2-5-11(13)14-16-9-12-10(15(18)19)6-4-8-17(12)14/h2-3,5,7,9-10H,4,6,8H2,1H3,(H,18,19). The van der Waals surface area contributed by atoms with Crippen LogP contribution < -0.4 is 4.74 Å². The van der Waals surface area contributed by atoms with Crippen LogP contribution in [0.3, 0.4) is 0 Å². The van der Waals surface area contributed by atoms with Crippen molar-refractivity contribution in [3.05, 3.63) is 36.2 Å². The molecule has 0 amide bonds. The van der Waals surface area contributed by atoms with E-state index in [0.29, 0.717) is 6.42 Å². The van der Waals surface area contributed by atoms with Gasteiger partial charge in [-0.1, -0.05) is 12.1 Å². The summed E-state index contributed by atoms with van der Waals surface area (Å²) in [5.41, 5.74) is 1.68. The van der Waals surface area contributed by atoms with Crippen LogP contribution in [0.25, 0.3) is 11.4 Å². The van der Waals surface area contributed by atoms with Gasteiger partial charge in [-0.25, -0.2) is 4.98 Å². The lowest BCUT2D eigenvalue weighted by Gasteiger charge is -2.22. The molecule has 1 atom stereocenters. The monoisotopic (exact) mass is 272 g/mol. The third kappa shape index (κ3) is 1.95. The van der Waals surface area contributed by atoms with Crippen molar-refractivity contribution in [1.29, 1.82) is 0 Å². The number of imidazole rings is 1. The second-order valence-electron chi connectivity index (χ2n) is 4.89. The van der Waals surface area contributed by atoms with Crippen molar-refractivity contribution in [1.82, 2.24) is 9.55 Å². The SMILES string of the molecule is COc1ccccc1-c1ncc2n1CCCC2C(=O)O. The van der Waals surface area contributed by atoms with Crippen LogP contribution in [0.15, 0.2) is 30.5 Å². The summed E-state index contributed by atoms with van der Waals surface area (Å²) in [7, 11) is 1.62. The molecule has 1 unspecified atom stereocenters. The first-order valence-electron chi connectivity index (χ1n) is 6.64. The van der Waals surface area contributed by atoms with Gasteiger partial charge in [0.05, 0.1) is 24.3 Å². The molecule has 2 heterocycles. The van der Waals surface area contributed by atoms with E-state index in [1.807, 2.05) is 28.8 Å². The number of rotatable bonds is 3. The molecule has 3 rings (SSSR count). The number of aliphatic carboxylic acids is 1. The van der Waals surface area contributed by atoms with E-state index in [0.717, 1.165) is 35.8 Å². The Morgan fingerprint density at radius 2 is 2.25 bits per heavy atom. The van der Waals surface area contributed by atoms with E-state index in [4.69, 9.17) is 4.74 Å². The van der Waals surface area contributed by atoms with Gasteiger partial charge in [0.25, 0.3) is 0 Å². The van der Waals surface area contributed by atoms with Crippen LogP contribution in [0.2, 0.25) is 0 Å². The maximum atomic E-state index is 11.3. The van der Waals surface area contributed by atoms with Gasteiger partial charge in [0, 0.05) is 12.7 Å². The molecule has 5 heteroatoms. The highest BCUT2D eigenvalue weighted by molar-refractivity contribution is 5.76. The lowest BCUT2D eigenvalue weighted by Crippen LogP contribution is -2.21. The molecular weight excluding hydrogens is 256 g/mol. The molecule has 20 heavy (non-hydrogen) atoms. The zero-order valence-corrected chi connectivity index (χ0v) is 11.2. The molecule has 0 spiro atoms. The average molecular weight is 272 g/mol. The fourth-order valence-electron chi connectivity index (χ4n) is 2.80. The van der Waals surface area contributed by atoms with Gasteiger partial charge in [-0.05, 0) is 25.0 Å². The Labute approximate surface area is 116 Å². The minimum atomic E-state index is -0.780. The summed E-state index contributed by atoms with van der Waals surface area (Å²) < 4.78 is 7.36. The van der Waals surface area contributed by atoms with Crippen molar-refractivity contribution in [3.63, 3.8) is 0 Å². The number of fused-ring (bicyclic) bond motifs is 1. The van der Waals surface area contributed by atoms with Crippen molar-refractivity contribution in [2.45, 2.75) is 25.3 Å². The molecular formula is C15H16N2O3. The minimum Gasteiger partial charge on any atom is -0.496 e. The van der Waals surface area contributed by atoms with E-state index in [1.165, 1.54) is 0 Å². The smallest absolute Gasteiger partial charge is 0.312 e. The third-order valence-electron chi connectivity index (χ3n) is 3.76. The first-order chi connectivity index (χ1) is 9.72. The molecule has 5 nitrogen and oxygen atoms in total. The fraction of sp³-hybridized carbons (Fsp3) is 0.333. The lowest BCUT2D eigenvalue weighted by atomic mass is 9.96. The van der Waals surface area contributed by atoms with Gasteiger partial charge in [-0.15, -0.1) is 0 Å². The summed E-state index contributed by atoms with van der Waals surface area (Å²) >= 11 is 0. The first-order valence-corrected chi connectivity index (χ1v) is 6.64. The van der Waals surface area contributed by atoms with Crippen molar-refractivity contribution in [2.75, 3.05) is 7.11 Å². The van der Waals surface area contributed by atoms with Gasteiger partial charge < -0.3 is 14.4 Å². The maximum Gasteiger partial charge on any atom is 0.312 e. The highest BCUT2D eigenvalue weighted by atomic mass is 16.5. The fourth-order valence-corrected chi connectivity index (χ4v) is 2.80. The molecule has 0 radical (unpaired) electrons. The van der Waals surface area contributed by atoms with E-state index in [-0.39, 0.29) is 0 Å². The zero-order valence-electron chi connectivity index (χ0n) is 11.2. The number of hydrogen-bond acceptors (Lipinski definition) is 3. The first kappa shape index (κ1) is 12.7. The quantitative estimate of drug-likeness (QED) is 0.932. The number of nitrogens with zero attached hydrogens (tertiary/aromatic N) is 2. The summed E-state index contributed by atoms with van der Waals surface area (Å²) in [5.74, 6) is 0.291. The van der Waals surface area contributed by atoms with Crippen molar-refractivity contribution < 1.29 is 14.6 Å². The molecule has 0 fully saturated rings. The van der Waals surface area contributed by atoms with E-state index in [2.05, 4.69) is 4.98 Å². The largest absolute Gasteiger partial charge is 0.496 e. The Morgan fingerprint density at radius 3 is 3.00 bits per heavy atom. The number of methoxy groups -OCH3 is 1. The van der Waals surface area contributed by atoms with Crippen molar-refractivity contribution in [2.24, 2.45) is 0 Å². The number of hydrogen-bond donors (Lipinski definition) is 1. The predicted octanol–water partition coefficient (Wildman–Crippen LogP) is 2.52. The summed E-state index contributed by atoms with van der Waals surface area (Å²) in [5, 5.41) is 9.30. The number of carbonyl (C=O) groups is 1. The van der Waals surface area contributed by atoms with Gasteiger partial charge in [0.2, 0.25) is 0 Å². The highest BCUT2D eigenvalue weighted by Crippen LogP contribution is 2.35. The second-order valence-corrected chi connectivity index (χ2v) is 4.89. The van der Waals surface area contributed by atoms with Crippen LogP contribution >= 0.6 is 0 Å². The van der Waals surface area contributed by atoms with Crippen molar-refractivity contribution >= 4 is 5.97 Å². The van der Waals surface area contributed by atoms with Crippen molar-refractivity contribution in [3.8, 4) is 17.1 Å². The summed E-state index contributed by atoms with van der Waals surface area (Å²) in [6.07, 6.45) is 3.20. The number of ether oxygens (including phenoxy) is 1. The van der Waals surface area contributed by atoms with Crippen LogP contribution in [0.4, 0.5) is 0 Å². The Hall–Kier alpha value is -2.30. The molecule has 0 bridgehead atoms. The molecule has 1 aliphatic rings. The van der Waals surface area contributed by atoms with Gasteiger partial charge in [-0.3, -0.25) is 4.79 Å². The van der Waals surface area contributed by atoms with Gasteiger partial charge in [-0.2, -0.15) is 0 Å². The topological polar surface area (TPSA) is 64.4 Å². The highest BCUT2D eigenvalue weighted by Gasteiger charge is 2.29. The third-order valence-corrected chi connectivity index (χ3v) is 3.76. The Bertz CT molecular complexity index is 648. The summed E-state index contributed by atoms with van der Waals surface area (Å²) in [6, 6.07) is 7.66. The van der Waals surface area contributed by atoms with E-state index < -0.39 is 11.9 Å². The minimum absolute atomic E-state index is 0.459. The molecule has 1 aliphatic heterocycles. The molecule has 2 aromatic rings. The molecule has 0 saturated heterocycles. The molecule has 1 N–H and O–H groups in total. The van der Waals surface area contributed by atoms with Crippen LogP contribution in [0, 0.1) is 0 Å². The summed E-state index contributed by atoms with van der Waals surface area (Å²) in [4.78, 5) is 15.7. The maximum absolute atomic E-state index is 11.3.